The first-order valence-electron chi connectivity index (χ1n) is 36.7. The molecule has 0 saturated carbocycles. The van der Waals surface area contributed by atoms with E-state index in [0.717, 1.165) is 28.5 Å². The lowest BCUT2D eigenvalue weighted by atomic mass is 9.97. The third-order valence-corrected chi connectivity index (χ3v) is 20.9. The molecule has 0 bridgehead atoms. The summed E-state index contributed by atoms with van der Waals surface area (Å²) >= 11 is 0. The van der Waals surface area contributed by atoms with Gasteiger partial charge in [-0.1, -0.05) is 92.1 Å². The van der Waals surface area contributed by atoms with Gasteiger partial charge < -0.3 is 116 Å². The van der Waals surface area contributed by atoms with Gasteiger partial charge in [0.1, 0.15) is 72.5 Å². The third kappa shape index (κ3) is 27.8. The molecule has 15 amide bonds. The zero-order chi connectivity index (χ0) is 84.2. The average Bonchev–Trinajstić information content (AvgIpc) is 1.83. The molecule has 1 aliphatic rings. The first-order chi connectivity index (χ1) is 53.9. The van der Waals surface area contributed by atoms with Crippen LogP contribution < -0.4 is 91.6 Å². The van der Waals surface area contributed by atoms with E-state index in [9.17, 15) is 72.5 Å². The van der Waals surface area contributed by atoms with E-state index in [1.165, 1.54) is 40.2 Å². The van der Waals surface area contributed by atoms with Crippen LogP contribution in [0.4, 0.5) is 0 Å². The molecule has 620 valence electrons. The van der Waals surface area contributed by atoms with Crippen molar-refractivity contribution in [1.29, 1.82) is 5.41 Å². The summed E-state index contributed by atoms with van der Waals surface area (Å²) in [6.07, 6.45) is 0.980. The number of primary amides is 2. The van der Waals surface area contributed by atoms with Gasteiger partial charge in [-0.2, -0.15) is 0 Å². The number of aromatic nitrogens is 4. The highest BCUT2D eigenvalue weighted by atomic mass is 33.1. The molecule has 42 heteroatoms. The molecule has 0 spiro atoms. The second kappa shape index (κ2) is 43.8. The fourth-order valence-corrected chi connectivity index (χ4v) is 14.5. The molecule has 3 aromatic heterocycles. The van der Waals surface area contributed by atoms with Gasteiger partial charge in [-0.25, -0.2) is 4.98 Å². The molecular formula is C72H102N22O18S2. The topological polar surface area (TPSA) is 633 Å². The number of aryl methyl sites for hydroxylation is 1. The summed E-state index contributed by atoms with van der Waals surface area (Å²) < 4.78 is 1.73. The number of H-pyrrole nitrogens is 2. The largest absolute Gasteiger partial charge is 0.481 e. The second-order valence-corrected chi connectivity index (χ2v) is 30.4. The summed E-state index contributed by atoms with van der Waals surface area (Å²) in [5.74, 6) is -19.9. The molecule has 4 heterocycles. The van der Waals surface area contributed by atoms with Crippen LogP contribution in [0.2, 0.25) is 0 Å². The molecule has 5 aromatic rings. The molecule has 2 aromatic carbocycles. The number of fused-ring (bicyclic) bond motifs is 2. The van der Waals surface area contributed by atoms with Crippen molar-refractivity contribution in [3.63, 3.8) is 0 Å². The number of hydrogen-bond donors (Lipinski definition) is 22. The second-order valence-electron chi connectivity index (χ2n) is 27.9. The van der Waals surface area contributed by atoms with Crippen LogP contribution in [-0.4, -0.2) is 233 Å². The van der Waals surface area contributed by atoms with Crippen molar-refractivity contribution in [3.8, 4) is 0 Å². The number of para-hydroxylation sites is 2. The summed E-state index contributed by atoms with van der Waals surface area (Å²) in [4.78, 5) is 236. The van der Waals surface area contributed by atoms with E-state index in [0.29, 0.717) is 39.4 Å². The standard InChI is InChI=1S/C72H102N22O18S2/c1-9-35(4)58(83-38(7)96)71(112)91-52-32-114-113-31-51(69(110)93-59(37(6)95)60(74)101)90-63(104)45(18-14-22-78-72(75)76)84-66(107)49(25-41-28-77-33-81-41)86-61(102)36(5)82-55(98)29-80-62(103)47(24-40-30-94(8)53-19-13-11-16-43(40)53)87-67(108)50(26-56(99)100)88-64(105)46(20-21-54(73)97)85-65(106)48(89-70(111)57(34(2)3)92-68(52)109)23-39-27-79-44-17-12-10-15-42(39)44/h10-13,15-17,19,27-28,30,33-37,45-52,57-59,79,95H,9,14,18,20-26,29,31-32H2,1-8H3,(H2,73,97)(H2,74,101)(H,77,81)(H,80,103)(H,82,98)(H,83,96)(H,84,107)(H,85,106)(H,86,102)(H,87,108)(H,88,105)(H,89,111)(H,90,104)(H,91,112)(H,92,109)(H,93,110)(H,99,100)(H4,75,76,78)/t35-,36-,37+,45-,46-,47-,48-,49-,50-,51-,52-,57-,58-,59-/m0/s1. The van der Waals surface area contributed by atoms with E-state index in [-0.39, 0.29) is 44.3 Å². The predicted molar refractivity (Wildman–Crippen MR) is 418 cm³/mol. The van der Waals surface area contributed by atoms with Crippen molar-refractivity contribution in [1.82, 2.24) is 94.0 Å². The highest BCUT2D eigenvalue weighted by Gasteiger charge is 2.39. The molecule has 1 fully saturated rings. The van der Waals surface area contributed by atoms with Gasteiger partial charge >= 0.3 is 5.97 Å². The Balaban J connectivity index is 1.48. The van der Waals surface area contributed by atoms with Crippen LogP contribution in [0, 0.1) is 17.2 Å². The number of imidazole rings is 1. The molecule has 1 saturated heterocycles. The minimum Gasteiger partial charge on any atom is -0.481 e. The quantitative estimate of drug-likeness (QED) is 0.0113. The number of benzene rings is 2. The summed E-state index contributed by atoms with van der Waals surface area (Å²) in [5.41, 5.74) is 19.1. The zero-order valence-electron chi connectivity index (χ0n) is 64.2. The van der Waals surface area contributed by atoms with E-state index >= 15 is 14.4 Å². The normalized spacial score (nSPS) is 22.6. The Morgan fingerprint density at radius 1 is 0.658 bits per heavy atom. The monoisotopic (exact) mass is 1630 g/mol. The predicted octanol–water partition coefficient (Wildman–Crippen LogP) is -4.65. The molecule has 114 heavy (non-hydrogen) atoms. The van der Waals surface area contributed by atoms with Crippen LogP contribution in [0.1, 0.15) is 104 Å². The average molecular weight is 1630 g/mol. The summed E-state index contributed by atoms with van der Waals surface area (Å²) in [5, 5.41) is 65.1. The highest BCUT2D eigenvalue weighted by molar-refractivity contribution is 8.76. The number of aromatic amines is 2. The molecule has 0 aliphatic carbocycles. The van der Waals surface area contributed by atoms with E-state index in [1.54, 1.807) is 86.4 Å². The van der Waals surface area contributed by atoms with Crippen LogP contribution in [0.15, 0.2) is 73.4 Å². The van der Waals surface area contributed by atoms with Crippen molar-refractivity contribution in [3.05, 3.63) is 90.3 Å². The summed E-state index contributed by atoms with van der Waals surface area (Å²) in [6, 6.07) is -6.11. The molecular weight excluding hydrogens is 1530 g/mol. The van der Waals surface area contributed by atoms with Gasteiger partial charge in [0, 0.05) is 98.1 Å². The summed E-state index contributed by atoms with van der Waals surface area (Å²) in [6.45, 7) is 9.11. The van der Waals surface area contributed by atoms with Crippen molar-refractivity contribution >= 4 is 144 Å². The minimum absolute atomic E-state index is 0.00370. The lowest BCUT2D eigenvalue weighted by Gasteiger charge is -2.29. The van der Waals surface area contributed by atoms with E-state index in [2.05, 4.69) is 89.4 Å². The highest BCUT2D eigenvalue weighted by Crippen LogP contribution is 2.26. The Hall–Kier alpha value is -11.8. The SMILES string of the molecule is CC[C@H](C)[C@H](NC(C)=O)C(=O)N[C@H]1CSSC[C@@H](C(=O)N[C@H](C(N)=O)[C@@H](C)O)NC(=O)[C@H](CCCNC(=N)N)NC(=O)[C@H](Cc2c[nH]cn2)NC(=O)[C@H](C)NC(=O)CNC(=O)[C@H](Cc2cn(C)c3ccccc23)NC(=O)[C@H](CC(=O)O)NC(=O)[C@H](CCC(N)=O)NC(=O)[C@H](Cc2c[nH]c3ccccc23)NC(=O)[C@H](C(C)C)NC1=O. The number of carbonyl (C=O) groups excluding carboxylic acids is 15. The number of amides is 15. The van der Waals surface area contributed by atoms with E-state index < -0.39 is 228 Å². The number of carboxylic acids is 1. The number of aliphatic hydroxyl groups is 1. The van der Waals surface area contributed by atoms with Crippen LogP contribution >= 0.6 is 21.6 Å². The number of carboxylic acid groups (broad SMARTS) is 1. The summed E-state index contributed by atoms with van der Waals surface area (Å²) in [7, 11) is 3.35. The van der Waals surface area contributed by atoms with Crippen molar-refractivity contribution in [2.24, 2.45) is 36.1 Å². The minimum atomic E-state index is -2.06. The van der Waals surface area contributed by atoms with Gasteiger partial charge in [0.2, 0.25) is 88.6 Å². The van der Waals surface area contributed by atoms with Gasteiger partial charge in [0.15, 0.2) is 5.96 Å². The van der Waals surface area contributed by atoms with Crippen LogP contribution in [0.3, 0.4) is 0 Å². The maximum Gasteiger partial charge on any atom is 0.305 e. The fourth-order valence-electron chi connectivity index (χ4n) is 12.1. The Morgan fingerprint density at radius 3 is 1.86 bits per heavy atom. The van der Waals surface area contributed by atoms with Gasteiger partial charge in [-0.05, 0) is 68.2 Å². The van der Waals surface area contributed by atoms with Crippen LogP contribution in [0.25, 0.3) is 21.8 Å². The number of aliphatic hydroxyl groups excluding tert-OH is 1. The van der Waals surface area contributed by atoms with Crippen molar-refractivity contribution in [2.45, 2.75) is 185 Å². The molecule has 0 radical (unpaired) electrons. The Bertz CT molecular complexity index is 4310. The number of guanidine groups is 1. The lowest BCUT2D eigenvalue weighted by Crippen LogP contribution is -2.61. The first-order valence-corrected chi connectivity index (χ1v) is 39.2. The number of aliphatic carboxylic acids is 1. The first kappa shape index (κ1) is 91.1. The van der Waals surface area contributed by atoms with Crippen molar-refractivity contribution in [2.75, 3.05) is 24.6 Å². The van der Waals surface area contributed by atoms with Gasteiger partial charge in [0.05, 0.1) is 31.1 Å². The molecule has 14 atom stereocenters. The Morgan fingerprint density at radius 2 is 1.24 bits per heavy atom. The van der Waals surface area contributed by atoms with E-state index in [1.807, 2.05) is 0 Å². The fraction of sp³-hybridized carbons (Fsp3) is 0.500. The van der Waals surface area contributed by atoms with Crippen molar-refractivity contribution < 1.29 is 86.9 Å². The number of carbonyl (C=O) groups is 16. The Kier molecular flexibility index (Phi) is 35.0. The molecule has 0 unspecified atom stereocenters. The van der Waals surface area contributed by atoms with Gasteiger partial charge in [0.25, 0.3) is 0 Å². The maximum atomic E-state index is 15.1. The lowest BCUT2D eigenvalue weighted by molar-refractivity contribution is -0.141. The third-order valence-electron chi connectivity index (χ3n) is 18.5. The number of rotatable bonds is 25. The van der Waals surface area contributed by atoms with E-state index in [4.69, 9.17) is 22.6 Å². The number of nitrogens with one attached hydrogen (secondary N) is 17. The molecule has 40 nitrogen and oxygen atoms in total. The van der Waals surface area contributed by atoms with Gasteiger partial charge in [-0.3, -0.25) is 82.1 Å². The maximum absolute atomic E-state index is 15.1. The Labute approximate surface area is 663 Å². The smallest absolute Gasteiger partial charge is 0.305 e. The zero-order valence-corrected chi connectivity index (χ0v) is 65.8. The molecule has 25 N–H and O–H groups in total. The number of nitrogens with two attached hydrogens (primary N) is 3. The molecule has 6 rings (SSSR count). The number of hydrogen-bond acceptors (Lipinski definition) is 21. The molecule has 1 aliphatic heterocycles. The van der Waals surface area contributed by atoms with Gasteiger partial charge in [-0.15, -0.1) is 0 Å². The van der Waals surface area contributed by atoms with Crippen LogP contribution in [0.5, 0.6) is 0 Å². The number of nitrogens with zero attached hydrogens (tertiary/aromatic N) is 2. The van der Waals surface area contributed by atoms with Crippen LogP contribution in [-0.2, 0) is 103 Å².